The number of nitrogens with zero attached hydrogens (tertiary/aromatic N) is 4. The first-order valence-electron chi connectivity index (χ1n) is 7.39. The molecule has 1 N–H and O–H groups in total. The number of alkyl halides is 4. The van der Waals surface area contributed by atoms with Gasteiger partial charge in [0.2, 0.25) is 5.91 Å². The Kier molecular flexibility index (Phi) is 6.04. The van der Waals surface area contributed by atoms with E-state index in [1.54, 1.807) is 23.9 Å². The van der Waals surface area contributed by atoms with Crippen LogP contribution in [0.15, 0.2) is 12.3 Å². The van der Waals surface area contributed by atoms with E-state index in [-0.39, 0.29) is 0 Å². The van der Waals surface area contributed by atoms with Gasteiger partial charge in [0.05, 0.1) is 16.8 Å². The zero-order valence-corrected chi connectivity index (χ0v) is 14.1. The van der Waals surface area contributed by atoms with Crippen LogP contribution >= 0.6 is 11.6 Å². The summed E-state index contributed by atoms with van der Waals surface area (Å²) in [6.07, 6.45) is -4.69. The van der Waals surface area contributed by atoms with Crippen molar-refractivity contribution in [1.29, 1.82) is 0 Å². The first-order valence-corrected chi connectivity index (χ1v) is 7.77. The molecule has 1 unspecified atom stereocenters. The van der Waals surface area contributed by atoms with Crippen molar-refractivity contribution in [1.82, 2.24) is 24.9 Å². The lowest BCUT2D eigenvalue weighted by molar-refractivity contribution is -0.122. The van der Waals surface area contributed by atoms with E-state index in [4.69, 9.17) is 11.6 Å². The summed E-state index contributed by atoms with van der Waals surface area (Å²) >= 11 is 5.54. The standard InChI is InChI=1S/C14H16ClF4N5O/c1-3-23-8(4-5-20-23)7(2)21-9(25)6-24-12(14(18)19)10(15)11(22-24)13(16)17/h4-5,7,13-14H,3,6H2,1-2H3,(H,21,25). The van der Waals surface area contributed by atoms with Crippen LogP contribution in [0.25, 0.3) is 0 Å². The largest absolute Gasteiger partial charge is 0.346 e. The monoisotopic (exact) mass is 381 g/mol. The summed E-state index contributed by atoms with van der Waals surface area (Å²) in [6, 6.07) is 1.25. The number of carbonyl (C=O) groups excluding carboxylic acids is 1. The Balaban J connectivity index is 2.16. The van der Waals surface area contributed by atoms with Crippen molar-refractivity contribution in [3.05, 3.63) is 34.4 Å². The number of hydrogen-bond donors (Lipinski definition) is 1. The molecular formula is C14H16ClF4N5O. The Morgan fingerprint density at radius 3 is 2.52 bits per heavy atom. The lowest BCUT2D eigenvalue weighted by Gasteiger charge is -2.16. The Morgan fingerprint density at radius 2 is 1.96 bits per heavy atom. The highest BCUT2D eigenvalue weighted by Crippen LogP contribution is 2.34. The van der Waals surface area contributed by atoms with Gasteiger partial charge in [-0.1, -0.05) is 11.6 Å². The summed E-state index contributed by atoms with van der Waals surface area (Å²) in [5.41, 5.74) is -1.16. The average Bonchev–Trinajstić information content (AvgIpc) is 3.11. The third-order valence-corrected chi connectivity index (χ3v) is 3.92. The Hall–Kier alpha value is -2.10. The van der Waals surface area contributed by atoms with Crippen LogP contribution in [0.2, 0.25) is 5.02 Å². The number of amides is 1. The molecule has 6 nitrogen and oxygen atoms in total. The maximum atomic E-state index is 13.1. The average molecular weight is 382 g/mol. The van der Waals surface area contributed by atoms with Crippen molar-refractivity contribution >= 4 is 17.5 Å². The van der Waals surface area contributed by atoms with Crippen LogP contribution < -0.4 is 5.32 Å². The van der Waals surface area contributed by atoms with E-state index in [2.05, 4.69) is 15.5 Å². The quantitative estimate of drug-likeness (QED) is 0.746. The molecule has 0 spiro atoms. The van der Waals surface area contributed by atoms with Gasteiger partial charge >= 0.3 is 0 Å². The van der Waals surface area contributed by atoms with Crippen LogP contribution in [-0.4, -0.2) is 25.5 Å². The van der Waals surface area contributed by atoms with Crippen LogP contribution in [0.5, 0.6) is 0 Å². The van der Waals surface area contributed by atoms with Gasteiger partial charge in [0.1, 0.15) is 17.9 Å². The van der Waals surface area contributed by atoms with Gasteiger partial charge in [0.15, 0.2) is 0 Å². The van der Waals surface area contributed by atoms with Gasteiger partial charge < -0.3 is 5.32 Å². The van der Waals surface area contributed by atoms with Gasteiger partial charge in [-0.15, -0.1) is 0 Å². The summed E-state index contributed by atoms with van der Waals surface area (Å²) in [4.78, 5) is 12.1. The minimum Gasteiger partial charge on any atom is -0.346 e. The van der Waals surface area contributed by atoms with E-state index in [0.29, 0.717) is 11.2 Å². The van der Waals surface area contributed by atoms with E-state index in [0.717, 1.165) is 5.69 Å². The van der Waals surface area contributed by atoms with E-state index < -0.39 is 47.8 Å². The molecule has 2 rings (SSSR count). The summed E-state index contributed by atoms with van der Waals surface area (Å²) in [6.45, 7) is 3.49. The fraction of sp³-hybridized carbons (Fsp3) is 0.500. The topological polar surface area (TPSA) is 64.7 Å². The molecule has 138 valence electrons. The van der Waals surface area contributed by atoms with Gasteiger partial charge in [-0.05, 0) is 19.9 Å². The second kappa shape index (κ2) is 7.85. The number of hydrogen-bond acceptors (Lipinski definition) is 3. The SMILES string of the molecule is CCn1nccc1C(C)NC(=O)Cn1nc(C(F)F)c(Cl)c1C(F)F. The molecule has 25 heavy (non-hydrogen) atoms. The van der Waals surface area contributed by atoms with Gasteiger partial charge in [-0.2, -0.15) is 10.2 Å². The number of nitrogens with one attached hydrogen (secondary N) is 1. The molecular weight excluding hydrogens is 366 g/mol. The normalized spacial score (nSPS) is 12.8. The maximum absolute atomic E-state index is 13.1. The fourth-order valence-corrected chi connectivity index (χ4v) is 2.71. The zero-order chi connectivity index (χ0) is 18.7. The number of aryl methyl sites for hydroxylation is 1. The molecule has 2 aromatic heterocycles. The minimum atomic E-state index is -3.14. The van der Waals surface area contributed by atoms with Gasteiger partial charge in [0, 0.05) is 12.7 Å². The fourth-order valence-electron chi connectivity index (χ4n) is 2.41. The summed E-state index contributed by atoms with van der Waals surface area (Å²) < 4.78 is 53.9. The lowest BCUT2D eigenvalue weighted by Crippen LogP contribution is -2.32. The Labute approximate surface area is 145 Å². The molecule has 0 aromatic carbocycles. The van der Waals surface area contributed by atoms with Crippen LogP contribution in [-0.2, 0) is 17.9 Å². The zero-order valence-electron chi connectivity index (χ0n) is 13.4. The Morgan fingerprint density at radius 1 is 1.28 bits per heavy atom. The number of aromatic nitrogens is 4. The molecule has 0 bridgehead atoms. The lowest BCUT2D eigenvalue weighted by atomic mass is 10.2. The second-order valence-corrected chi connectivity index (χ2v) is 5.58. The smallest absolute Gasteiger partial charge is 0.283 e. The first kappa shape index (κ1) is 19.2. The Bertz CT molecular complexity index is 746. The third kappa shape index (κ3) is 4.12. The minimum absolute atomic E-state index is 0.453. The molecule has 11 heteroatoms. The number of halogens is 5. The van der Waals surface area contributed by atoms with Crippen molar-refractivity contribution in [2.45, 2.75) is 45.8 Å². The van der Waals surface area contributed by atoms with E-state index in [1.807, 2.05) is 6.92 Å². The predicted molar refractivity (Wildman–Crippen MR) is 81.6 cm³/mol. The highest BCUT2D eigenvalue weighted by Gasteiger charge is 2.29. The molecule has 0 aliphatic carbocycles. The molecule has 0 fully saturated rings. The van der Waals surface area contributed by atoms with Crippen molar-refractivity contribution in [3.63, 3.8) is 0 Å². The first-order chi connectivity index (χ1) is 11.8. The van der Waals surface area contributed by atoms with E-state index in [9.17, 15) is 22.4 Å². The second-order valence-electron chi connectivity index (χ2n) is 5.20. The van der Waals surface area contributed by atoms with Crippen molar-refractivity contribution in [3.8, 4) is 0 Å². The molecule has 0 radical (unpaired) electrons. The maximum Gasteiger partial charge on any atom is 0.283 e. The summed E-state index contributed by atoms with van der Waals surface area (Å²) in [5, 5.41) is 9.19. The highest BCUT2D eigenvalue weighted by atomic mass is 35.5. The molecule has 1 atom stereocenters. The summed E-state index contributed by atoms with van der Waals surface area (Å²) in [5.74, 6) is -0.668. The molecule has 0 saturated carbocycles. The van der Waals surface area contributed by atoms with Crippen LogP contribution in [0.1, 0.15) is 49.8 Å². The van der Waals surface area contributed by atoms with Gasteiger partial charge in [0.25, 0.3) is 12.9 Å². The molecule has 0 saturated heterocycles. The third-order valence-electron chi connectivity index (χ3n) is 3.53. The molecule has 0 aliphatic rings. The van der Waals surface area contributed by atoms with Crippen LogP contribution in [0, 0.1) is 0 Å². The highest BCUT2D eigenvalue weighted by molar-refractivity contribution is 6.32. The predicted octanol–water partition coefficient (Wildman–Crippen LogP) is 3.51. The molecule has 2 aromatic rings. The molecule has 2 heterocycles. The van der Waals surface area contributed by atoms with E-state index in [1.165, 1.54) is 0 Å². The van der Waals surface area contributed by atoms with Crippen molar-refractivity contribution in [2.24, 2.45) is 0 Å². The summed E-state index contributed by atoms with van der Waals surface area (Å²) in [7, 11) is 0. The van der Waals surface area contributed by atoms with Crippen LogP contribution in [0.3, 0.4) is 0 Å². The van der Waals surface area contributed by atoms with Crippen molar-refractivity contribution < 1.29 is 22.4 Å². The van der Waals surface area contributed by atoms with Gasteiger partial charge in [-0.25, -0.2) is 17.6 Å². The van der Waals surface area contributed by atoms with Crippen LogP contribution in [0.4, 0.5) is 17.6 Å². The number of rotatable bonds is 7. The number of carbonyl (C=O) groups is 1. The van der Waals surface area contributed by atoms with Gasteiger partial charge in [-0.3, -0.25) is 14.2 Å². The molecule has 1 amide bonds. The van der Waals surface area contributed by atoms with Crippen molar-refractivity contribution in [2.75, 3.05) is 0 Å². The van der Waals surface area contributed by atoms with E-state index >= 15 is 0 Å². The molecule has 0 aliphatic heterocycles.